The fourth-order valence-electron chi connectivity index (χ4n) is 2.42. The lowest BCUT2D eigenvalue weighted by atomic mass is 9.72. The summed E-state index contributed by atoms with van der Waals surface area (Å²) in [4.78, 5) is 0. The first-order chi connectivity index (χ1) is 5.25. The lowest BCUT2D eigenvalue weighted by Gasteiger charge is -2.29. The van der Waals surface area contributed by atoms with E-state index in [-0.39, 0.29) is 0 Å². The zero-order valence-corrected chi connectivity index (χ0v) is 7.43. The van der Waals surface area contributed by atoms with Crippen molar-refractivity contribution in [3.8, 4) is 0 Å². The van der Waals surface area contributed by atoms with Crippen molar-refractivity contribution < 1.29 is 4.58 Å². The van der Waals surface area contributed by atoms with Crippen LogP contribution in [0.25, 0.3) is 0 Å². The van der Waals surface area contributed by atoms with Crippen LogP contribution in [-0.4, -0.2) is 24.4 Å². The number of hydrogen-bond acceptors (Lipinski definition) is 0. The molecule has 0 aromatic carbocycles. The molecule has 60 valence electrons. The predicted molar refractivity (Wildman–Crippen MR) is 47.2 cm³/mol. The highest BCUT2D eigenvalue weighted by atomic mass is 15.0. The largest absolute Gasteiger partial charge is 0.238 e. The fraction of sp³-hybridized carbons (Fsp3) is 0.700. The van der Waals surface area contributed by atoms with Gasteiger partial charge in [-0.1, -0.05) is 18.9 Å². The van der Waals surface area contributed by atoms with E-state index in [1.54, 1.807) is 5.71 Å². The van der Waals surface area contributed by atoms with Crippen LogP contribution in [0.4, 0.5) is 0 Å². The van der Waals surface area contributed by atoms with Crippen molar-refractivity contribution in [3.63, 3.8) is 0 Å². The summed E-state index contributed by atoms with van der Waals surface area (Å²) in [6.07, 6.45) is 10.3. The average molecular weight is 150 g/mol. The Bertz CT molecular complexity index is 225. The van der Waals surface area contributed by atoms with Gasteiger partial charge >= 0.3 is 0 Å². The molecule has 1 fully saturated rings. The maximum Gasteiger partial charge on any atom is 0.185 e. The van der Waals surface area contributed by atoms with Crippen LogP contribution in [0.3, 0.4) is 0 Å². The summed E-state index contributed by atoms with van der Waals surface area (Å²) in [7, 11) is 4.30. The number of allylic oxidation sites excluding steroid dienone is 2. The molecule has 0 radical (unpaired) electrons. The molecular weight excluding hydrogens is 134 g/mol. The fourth-order valence-corrected chi connectivity index (χ4v) is 2.42. The summed E-state index contributed by atoms with van der Waals surface area (Å²) < 4.78 is 2.27. The summed E-state index contributed by atoms with van der Waals surface area (Å²) in [6, 6.07) is 0. The average Bonchev–Trinajstić information content (AvgIpc) is 2.31. The van der Waals surface area contributed by atoms with Gasteiger partial charge in [-0.3, -0.25) is 0 Å². The highest BCUT2D eigenvalue weighted by molar-refractivity contribution is 6.03. The van der Waals surface area contributed by atoms with Gasteiger partial charge in [0.2, 0.25) is 0 Å². The maximum absolute atomic E-state index is 2.40. The Kier molecular flexibility index (Phi) is 1.41. The summed E-state index contributed by atoms with van der Waals surface area (Å²) in [6.45, 7) is 0. The normalized spacial score (nSPS) is 25.8. The molecule has 1 heteroatoms. The van der Waals surface area contributed by atoms with Gasteiger partial charge in [0.05, 0.1) is 5.41 Å². The van der Waals surface area contributed by atoms with Crippen molar-refractivity contribution in [3.05, 3.63) is 12.2 Å². The molecule has 1 spiro atoms. The van der Waals surface area contributed by atoms with Gasteiger partial charge in [-0.15, -0.1) is 0 Å². The first kappa shape index (κ1) is 7.08. The molecule has 11 heavy (non-hydrogen) atoms. The first-order valence-corrected chi connectivity index (χ1v) is 4.49. The minimum absolute atomic E-state index is 0.517. The molecule has 1 saturated carbocycles. The summed E-state index contributed by atoms with van der Waals surface area (Å²) in [5.74, 6) is 0. The molecule has 2 aliphatic rings. The molecule has 0 unspecified atom stereocenters. The third kappa shape index (κ3) is 0.867. The molecule has 0 amide bonds. The van der Waals surface area contributed by atoms with Crippen LogP contribution in [0.5, 0.6) is 0 Å². The smallest absolute Gasteiger partial charge is 0.185 e. The van der Waals surface area contributed by atoms with Crippen molar-refractivity contribution in [1.82, 2.24) is 0 Å². The SMILES string of the molecule is C[N+](C)=C1C=CC12CCCC2. The lowest BCUT2D eigenvalue weighted by Crippen LogP contribution is -2.37. The molecule has 0 bridgehead atoms. The number of nitrogens with zero attached hydrogens (tertiary/aromatic N) is 1. The Labute approximate surface area is 68.4 Å². The van der Waals surface area contributed by atoms with Crippen LogP contribution in [0.15, 0.2) is 12.2 Å². The van der Waals surface area contributed by atoms with Crippen LogP contribution in [0.2, 0.25) is 0 Å². The van der Waals surface area contributed by atoms with E-state index in [0.29, 0.717) is 5.41 Å². The Hall–Kier alpha value is -0.590. The molecule has 0 aromatic rings. The summed E-state index contributed by atoms with van der Waals surface area (Å²) in [5.41, 5.74) is 2.07. The quantitative estimate of drug-likeness (QED) is 0.463. The zero-order valence-electron chi connectivity index (χ0n) is 7.43. The topological polar surface area (TPSA) is 3.01 Å². The van der Waals surface area contributed by atoms with E-state index in [0.717, 1.165) is 0 Å². The Balaban J connectivity index is 2.31. The maximum atomic E-state index is 2.40. The van der Waals surface area contributed by atoms with Gasteiger partial charge in [0.25, 0.3) is 0 Å². The van der Waals surface area contributed by atoms with Crippen LogP contribution >= 0.6 is 0 Å². The minimum atomic E-state index is 0.517. The van der Waals surface area contributed by atoms with Crippen LogP contribution < -0.4 is 0 Å². The second kappa shape index (κ2) is 2.20. The third-order valence-corrected chi connectivity index (χ3v) is 3.05. The second-order valence-corrected chi connectivity index (χ2v) is 3.98. The molecule has 0 aromatic heterocycles. The summed E-state index contributed by atoms with van der Waals surface area (Å²) in [5, 5.41) is 0. The van der Waals surface area contributed by atoms with Crippen LogP contribution in [0, 0.1) is 5.41 Å². The van der Waals surface area contributed by atoms with Gasteiger partial charge < -0.3 is 0 Å². The molecule has 0 heterocycles. The van der Waals surface area contributed by atoms with Gasteiger partial charge in [-0.25, -0.2) is 4.58 Å². The van der Waals surface area contributed by atoms with Gasteiger partial charge in [0.1, 0.15) is 14.1 Å². The molecular formula is C10H16N+. The molecule has 0 saturated heterocycles. The van der Waals surface area contributed by atoms with Gasteiger partial charge in [-0.2, -0.15) is 0 Å². The highest BCUT2D eigenvalue weighted by Crippen LogP contribution is 2.45. The highest BCUT2D eigenvalue weighted by Gasteiger charge is 2.45. The van der Waals surface area contributed by atoms with Crippen LogP contribution in [-0.2, 0) is 0 Å². The minimum Gasteiger partial charge on any atom is -0.238 e. The molecule has 0 N–H and O–H groups in total. The van der Waals surface area contributed by atoms with E-state index in [9.17, 15) is 0 Å². The van der Waals surface area contributed by atoms with E-state index >= 15 is 0 Å². The molecule has 1 nitrogen and oxygen atoms in total. The van der Waals surface area contributed by atoms with Crippen molar-refractivity contribution in [2.45, 2.75) is 25.7 Å². The summed E-state index contributed by atoms with van der Waals surface area (Å²) >= 11 is 0. The van der Waals surface area contributed by atoms with E-state index < -0.39 is 0 Å². The Morgan fingerprint density at radius 3 is 2.27 bits per heavy atom. The van der Waals surface area contributed by atoms with Gasteiger partial charge in [0.15, 0.2) is 5.71 Å². The van der Waals surface area contributed by atoms with Crippen LogP contribution in [0.1, 0.15) is 25.7 Å². The van der Waals surface area contributed by atoms with Crippen molar-refractivity contribution in [2.75, 3.05) is 14.1 Å². The van der Waals surface area contributed by atoms with Crippen molar-refractivity contribution >= 4 is 5.71 Å². The Morgan fingerprint density at radius 2 is 1.91 bits per heavy atom. The van der Waals surface area contributed by atoms with Gasteiger partial charge in [-0.05, 0) is 12.8 Å². The Morgan fingerprint density at radius 1 is 1.27 bits per heavy atom. The standard InChI is InChI=1S/C10H16N/c1-11(2)9-5-8-10(9)6-3-4-7-10/h5,8H,3-4,6-7H2,1-2H3/q+1. The van der Waals surface area contributed by atoms with E-state index in [1.165, 1.54) is 25.7 Å². The molecule has 2 rings (SSSR count). The monoisotopic (exact) mass is 150 g/mol. The molecule has 0 atom stereocenters. The third-order valence-electron chi connectivity index (χ3n) is 3.05. The van der Waals surface area contributed by atoms with Crippen molar-refractivity contribution in [2.24, 2.45) is 5.41 Å². The molecule has 0 aliphatic heterocycles. The van der Waals surface area contributed by atoms with E-state index in [4.69, 9.17) is 0 Å². The van der Waals surface area contributed by atoms with E-state index in [1.807, 2.05) is 0 Å². The number of rotatable bonds is 0. The number of hydrogen-bond donors (Lipinski definition) is 0. The first-order valence-electron chi connectivity index (χ1n) is 4.49. The van der Waals surface area contributed by atoms with Crippen molar-refractivity contribution in [1.29, 1.82) is 0 Å². The van der Waals surface area contributed by atoms with Gasteiger partial charge in [0, 0.05) is 6.08 Å². The zero-order chi connectivity index (χ0) is 7.90. The predicted octanol–water partition coefficient (Wildman–Crippen LogP) is 1.83. The van der Waals surface area contributed by atoms with E-state index in [2.05, 4.69) is 30.8 Å². The second-order valence-electron chi connectivity index (χ2n) is 3.98. The lowest BCUT2D eigenvalue weighted by molar-refractivity contribution is -0.468. The molecule has 2 aliphatic carbocycles.